The fourth-order valence-corrected chi connectivity index (χ4v) is 1.01. The molecule has 6 heteroatoms. The predicted octanol–water partition coefficient (Wildman–Crippen LogP) is 0.977. The molecule has 0 rings (SSSR count). The van der Waals surface area contributed by atoms with Crippen molar-refractivity contribution in [2.45, 2.75) is 0 Å². The Labute approximate surface area is 66.6 Å². The molecule has 0 bridgehead atoms. The molecule has 11 heavy (non-hydrogen) atoms. The molecule has 5 nitrogen and oxygen atoms in total. The van der Waals surface area contributed by atoms with Crippen LogP contribution >= 0.6 is 7.75 Å². The third-order valence-corrected chi connectivity index (χ3v) is 2.19. The average Bonchev–Trinajstić information content (AvgIpc) is 2.00. The Morgan fingerprint density at radius 2 is 1.82 bits per heavy atom. The Hall–Kier alpha value is -0.380. The molecule has 0 aliphatic heterocycles. The molecule has 0 N–H and O–H groups in total. The zero-order valence-electron chi connectivity index (χ0n) is 7.14. The van der Waals surface area contributed by atoms with Gasteiger partial charge < -0.3 is 4.90 Å². The third kappa shape index (κ3) is 4.14. The molecule has 0 saturated heterocycles. The fourth-order valence-electron chi connectivity index (χ4n) is 0.335. The van der Waals surface area contributed by atoms with Crippen LogP contribution < -0.4 is 0 Å². The van der Waals surface area contributed by atoms with Crippen LogP contribution in [0.1, 0.15) is 0 Å². The summed E-state index contributed by atoms with van der Waals surface area (Å²) < 4.78 is 23.9. The summed E-state index contributed by atoms with van der Waals surface area (Å²) in [5, 5.41) is 0. The summed E-state index contributed by atoms with van der Waals surface area (Å²) in [6.07, 6.45) is 1.38. The second-order valence-electron chi connectivity index (χ2n) is 2.03. The minimum Gasteiger partial charge on any atom is -0.369 e. The summed E-state index contributed by atoms with van der Waals surface area (Å²) >= 11 is 0. The van der Waals surface area contributed by atoms with E-state index in [0.717, 1.165) is 0 Å². The quantitative estimate of drug-likeness (QED) is 0.367. The number of nitrogens with zero attached hydrogens (tertiary/aromatic N) is 2. The first-order valence-corrected chi connectivity index (χ1v) is 4.47. The summed E-state index contributed by atoms with van der Waals surface area (Å²) in [6.45, 7) is 0. The highest BCUT2D eigenvalue weighted by Gasteiger charge is 2.17. The van der Waals surface area contributed by atoms with E-state index in [9.17, 15) is 4.57 Å². The first-order valence-electron chi connectivity index (χ1n) is 2.98. The van der Waals surface area contributed by atoms with Gasteiger partial charge in [0.15, 0.2) is 0 Å². The fraction of sp³-hybridized carbons (Fsp3) is 0.800. The summed E-state index contributed by atoms with van der Waals surface area (Å²) in [7, 11) is 2.90. The standard InChI is InChI=1S/C5H13N2O3P/c1-7(2)5-6-11(8,9-3)10-4/h5H,1-4H3. The lowest BCUT2D eigenvalue weighted by molar-refractivity contribution is 0.277. The van der Waals surface area contributed by atoms with E-state index in [1.807, 2.05) is 0 Å². The van der Waals surface area contributed by atoms with Crippen LogP contribution in [0.3, 0.4) is 0 Å². The maximum Gasteiger partial charge on any atom is 0.454 e. The van der Waals surface area contributed by atoms with Gasteiger partial charge in [0.25, 0.3) is 0 Å². The molecule has 0 unspecified atom stereocenters. The molecule has 0 radical (unpaired) electrons. The van der Waals surface area contributed by atoms with Gasteiger partial charge in [-0.25, -0.2) is 4.57 Å². The molecule has 66 valence electrons. The Morgan fingerprint density at radius 3 is 2.09 bits per heavy atom. The Morgan fingerprint density at radius 1 is 1.36 bits per heavy atom. The molecular formula is C5H13N2O3P. The van der Waals surface area contributed by atoms with Gasteiger partial charge >= 0.3 is 7.75 Å². The van der Waals surface area contributed by atoms with Crippen molar-refractivity contribution < 1.29 is 13.6 Å². The van der Waals surface area contributed by atoms with Crippen LogP contribution in [0.2, 0.25) is 0 Å². The van der Waals surface area contributed by atoms with Crippen LogP contribution in [0.15, 0.2) is 4.76 Å². The van der Waals surface area contributed by atoms with Crippen LogP contribution in [0.5, 0.6) is 0 Å². The van der Waals surface area contributed by atoms with Gasteiger partial charge in [-0.3, -0.25) is 9.05 Å². The van der Waals surface area contributed by atoms with Crippen molar-refractivity contribution in [3.05, 3.63) is 0 Å². The van der Waals surface area contributed by atoms with Crippen molar-refractivity contribution in [1.82, 2.24) is 4.90 Å². The number of hydrogen-bond donors (Lipinski definition) is 0. The SMILES string of the molecule is COP(=O)(N=CN(C)C)OC. The van der Waals surface area contributed by atoms with Crippen molar-refractivity contribution in [3.8, 4) is 0 Å². The van der Waals surface area contributed by atoms with E-state index < -0.39 is 7.75 Å². The van der Waals surface area contributed by atoms with Crippen LogP contribution in [-0.2, 0) is 13.6 Å². The topological polar surface area (TPSA) is 51.1 Å². The summed E-state index contributed by atoms with van der Waals surface area (Å²) in [6, 6.07) is 0. The Bertz CT molecular complexity index is 173. The highest BCUT2D eigenvalue weighted by Crippen LogP contribution is 2.47. The molecule has 0 aromatic carbocycles. The normalized spacial score (nSPS) is 12.4. The molecular weight excluding hydrogens is 167 g/mol. The smallest absolute Gasteiger partial charge is 0.369 e. The van der Waals surface area contributed by atoms with Crippen LogP contribution in [0.25, 0.3) is 0 Å². The van der Waals surface area contributed by atoms with E-state index in [1.54, 1.807) is 19.0 Å². The summed E-state index contributed by atoms with van der Waals surface area (Å²) in [5.74, 6) is 0. The van der Waals surface area contributed by atoms with Gasteiger partial charge in [-0.05, 0) is 0 Å². The van der Waals surface area contributed by atoms with Crippen LogP contribution in [0.4, 0.5) is 0 Å². The molecule has 0 heterocycles. The van der Waals surface area contributed by atoms with Crippen molar-refractivity contribution >= 4 is 14.1 Å². The van der Waals surface area contributed by atoms with E-state index in [2.05, 4.69) is 13.8 Å². The molecule has 0 spiro atoms. The first kappa shape index (κ1) is 10.6. The van der Waals surface area contributed by atoms with E-state index in [1.165, 1.54) is 20.6 Å². The van der Waals surface area contributed by atoms with Crippen molar-refractivity contribution in [2.24, 2.45) is 4.76 Å². The van der Waals surface area contributed by atoms with Crippen molar-refractivity contribution in [1.29, 1.82) is 0 Å². The maximum atomic E-state index is 11.2. The number of hydrogen-bond acceptors (Lipinski definition) is 3. The van der Waals surface area contributed by atoms with Gasteiger partial charge in [0.05, 0.1) is 6.34 Å². The highest BCUT2D eigenvalue weighted by atomic mass is 31.2. The Balaban J connectivity index is 4.19. The minimum absolute atomic E-state index is 1.29. The zero-order chi connectivity index (χ0) is 8.91. The van der Waals surface area contributed by atoms with Gasteiger partial charge in [-0.2, -0.15) is 4.76 Å². The highest BCUT2D eigenvalue weighted by molar-refractivity contribution is 7.52. The van der Waals surface area contributed by atoms with E-state index >= 15 is 0 Å². The van der Waals surface area contributed by atoms with Gasteiger partial charge in [-0.1, -0.05) is 0 Å². The van der Waals surface area contributed by atoms with E-state index in [4.69, 9.17) is 0 Å². The second kappa shape index (κ2) is 4.49. The van der Waals surface area contributed by atoms with Crippen LogP contribution in [-0.4, -0.2) is 39.6 Å². The molecule has 0 aromatic rings. The molecule has 0 amide bonds. The zero-order valence-corrected chi connectivity index (χ0v) is 8.04. The maximum absolute atomic E-state index is 11.2. The lowest BCUT2D eigenvalue weighted by Gasteiger charge is -2.08. The molecule has 0 aliphatic rings. The van der Waals surface area contributed by atoms with Crippen molar-refractivity contribution in [2.75, 3.05) is 28.3 Å². The lowest BCUT2D eigenvalue weighted by atomic mass is 11.0. The van der Waals surface area contributed by atoms with Crippen LogP contribution in [0, 0.1) is 0 Å². The van der Waals surface area contributed by atoms with Gasteiger partial charge in [0, 0.05) is 28.3 Å². The molecule has 0 saturated carbocycles. The summed E-state index contributed by atoms with van der Waals surface area (Å²) in [4.78, 5) is 1.64. The predicted molar refractivity (Wildman–Crippen MR) is 43.8 cm³/mol. The monoisotopic (exact) mass is 180 g/mol. The van der Waals surface area contributed by atoms with Crippen molar-refractivity contribution in [3.63, 3.8) is 0 Å². The second-order valence-corrected chi connectivity index (χ2v) is 3.93. The Kier molecular flexibility index (Phi) is 4.33. The third-order valence-electron chi connectivity index (χ3n) is 0.885. The minimum atomic E-state index is -3.21. The number of rotatable bonds is 4. The van der Waals surface area contributed by atoms with E-state index in [0.29, 0.717) is 0 Å². The lowest BCUT2D eigenvalue weighted by Crippen LogP contribution is -2.07. The first-order chi connectivity index (χ1) is 5.04. The molecule has 0 atom stereocenters. The van der Waals surface area contributed by atoms with Gasteiger partial charge in [0.1, 0.15) is 0 Å². The molecule has 0 aromatic heterocycles. The summed E-state index contributed by atoms with van der Waals surface area (Å²) in [5.41, 5.74) is 0. The largest absolute Gasteiger partial charge is 0.454 e. The molecule has 0 fully saturated rings. The van der Waals surface area contributed by atoms with Gasteiger partial charge in [0.2, 0.25) is 0 Å². The van der Waals surface area contributed by atoms with Gasteiger partial charge in [-0.15, -0.1) is 0 Å². The van der Waals surface area contributed by atoms with E-state index in [-0.39, 0.29) is 0 Å². The average molecular weight is 180 g/mol. The molecule has 0 aliphatic carbocycles.